The Morgan fingerprint density at radius 3 is 2.86 bits per heavy atom. The van der Waals surface area contributed by atoms with Gasteiger partial charge in [0, 0.05) is 0 Å². The smallest absolute Gasteiger partial charge is 0.133 e. The largest absolute Gasteiger partial charge is 0.490 e. The summed E-state index contributed by atoms with van der Waals surface area (Å²) in [5.74, 6) is 0.890. The molecule has 0 atom stereocenters. The Balaban J connectivity index is 2.04. The zero-order valence-corrected chi connectivity index (χ0v) is 9.80. The van der Waals surface area contributed by atoms with E-state index >= 15 is 0 Å². The van der Waals surface area contributed by atoms with E-state index in [4.69, 9.17) is 10.5 Å². The minimum atomic E-state index is -0.0524. The van der Waals surface area contributed by atoms with Crippen LogP contribution in [0.1, 0.15) is 18.4 Å². The molecule has 3 heteroatoms. The Hall–Kier alpha value is -0.540. The zero-order valence-electron chi connectivity index (χ0n) is 8.22. The minimum absolute atomic E-state index is 0.0524. The van der Waals surface area contributed by atoms with E-state index in [1.54, 1.807) is 0 Å². The lowest BCUT2D eigenvalue weighted by Gasteiger charge is -2.12. The van der Waals surface area contributed by atoms with Crippen molar-refractivity contribution in [3.05, 3.63) is 28.2 Å². The molecule has 0 aromatic heterocycles. The fourth-order valence-corrected chi connectivity index (χ4v) is 1.61. The fourth-order valence-electron chi connectivity index (χ4n) is 1.25. The maximum atomic E-state index is 5.94. The van der Waals surface area contributed by atoms with Crippen molar-refractivity contribution < 1.29 is 4.74 Å². The molecular formula is C11H14BrNO. The van der Waals surface area contributed by atoms with Gasteiger partial charge in [-0.3, -0.25) is 0 Å². The molecule has 0 heterocycles. The van der Waals surface area contributed by atoms with Crippen molar-refractivity contribution in [1.82, 2.24) is 0 Å². The Labute approximate surface area is 92.6 Å². The molecule has 0 unspecified atom stereocenters. The van der Waals surface area contributed by atoms with E-state index in [9.17, 15) is 0 Å². The van der Waals surface area contributed by atoms with Gasteiger partial charge in [-0.15, -0.1) is 0 Å². The van der Waals surface area contributed by atoms with Gasteiger partial charge in [-0.2, -0.15) is 0 Å². The molecule has 14 heavy (non-hydrogen) atoms. The number of hydrogen-bond acceptors (Lipinski definition) is 2. The van der Waals surface area contributed by atoms with Crippen molar-refractivity contribution in [3.63, 3.8) is 0 Å². The number of hydrogen-bond donors (Lipinski definition) is 1. The van der Waals surface area contributed by atoms with Crippen LogP contribution in [0.3, 0.4) is 0 Å². The molecule has 0 radical (unpaired) electrons. The Morgan fingerprint density at radius 2 is 2.21 bits per heavy atom. The number of ether oxygens (including phenoxy) is 1. The third-order valence-corrected chi connectivity index (χ3v) is 3.15. The first-order chi connectivity index (χ1) is 6.59. The molecule has 0 bridgehead atoms. The minimum Gasteiger partial charge on any atom is -0.490 e. The Morgan fingerprint density at radius 1 is 1.50 bits per heavy atom. The third kappa shape index (κ3) is 2.28. The second kappa shape index (κ2) is 3.55. The van der Waals surface area contributed by atoms with Crippen LogP contribution in [0.2, 0.25) is 0 Å². The lowest BCUT2D eigenvalue weighted by Crippen LogP contribution is -2.29. The van der Waals surface area contributed by atoms with Crippen LogP contribution >= 0.6 is 15.9 Å². The van der Waals surface area contributed by atoms with Crippen LogP contribution in [0.15, 0.2) is 22.7 Å². The maximum Gasteiger partial charge on any atom is 0.133 e. The van der Waals surface area contributed by atoms with Crippen molar-refractivity contribution >= 4 is 15.9 Å². The molecule has 1 aromatic rings. The Bertz CT molecular complexity index is 347. The molecule has 0 aliphatic heterocycles. The van der Waals surface area contributed by atoms with Gasteiger partial charge in [0.05, 0.1) is 10.0 Å². The predicted octanol–water partition coefficient (Wildman–Crippen LogP) is 2.63. The van der Waals surface area contributed by atoms with Crippen LogP contribution in [0.4, 0.5) is 0 Å². The highest BCUT2D eigenvalue weighted by Gasteiger charge is 2.39. The SMILES string of the molecule is Cc1ccc(Br)c(OCC2(N)CC2)c1. The summed E-state index contributed by atoms with van der Waals surface area (Å²) in [4.78, 5) is 0. The number of halogens is 1. The molecular weight excluding hydrogens is 242 g/mol. The van der Waals surface area contributed by atoms with Gasteiger partial charge in [0.1, 0.15) is 12.4 Å². The molecule has 1 fully saturated rings. The van der Waals surface area contributed by atoms with Gasteiger partial charge in [-0.25, -0.2) is 0 Å². The molecule has 0 spiro atoms. The molecule has 0 saturated heterocycles. The van der Waals surface area contributed by atoms with Gasteiger partial charge < -0.3 is 10.5 Å². The molecule has 2 rings (SSSR count). The molecule has 0 amide bonds. The van der Waals surface area contributed by atoms with E-state index in [0.717, 1.165) is 23.1 Å². The summed E-state index contributed by atoms with van der Waals surface area (Å²) < 4.78 is 6.67. The summed E-state index contributed by atoms with van der Waals surface area (Å²) in [5, 5.41) is 0. The summed E-state index contributed by atoms with van der Waals surface area (Å²) in [7, 11) is 0. The first kappa shape index (κ1) is 9.99. The lowest BCUT2D eigenvalue weighted by atomic mass is 10.2. The third-order valence-electron chi connectivity index (χ3n) is 2.49. The summed E-state index contributed by atoms with van der Waals surface area (Å²) in [6, 6.07) is 6.07. The van der Waals surface area contributed by atoms with Crippen LogP contribution in [-0.4, -0.2) is 12.1 Å². The van der Waals surface area contributed by atoms with Gasteiger partial charge in [-0.05, 0) is 53.4 Å². The molecule has 1 aromatic carbocycles. The molecule has 2 nitrogen and oxygen atoms in total. The molecule has 1 aliphatic rings. The highest BCUT2D eigenvalue weighted by Crippen LogP contribution is 2.34. The van der Waals surface area contributed by atoms with E-state index in [0.29, 0.717) is 6.61 Å². The predicted molar refractivity (Wildman–Crippen MR) is 60.5 cm³/mol. The average molecular weight is 256 g/mol. The summed E-state index contributed by atoms with van der Waals surface area (Å²) in [6.45, 7) is 2.67. The molecule has 76 valence electrons. The summed E-state index contributed by atoms with van der Waals surface area (Å²) in [5.41, 5.74) is 7.09. The van der Waals surface area contributed by atoms with E-state index in [2.05, 4.69) is 22.9 Å². The van der Waals surface area contributed by atoms with Crippen LogP contribution in [0.5, 0.6) is 5.75 Å². The van der Waals surface area contributed by atoms with Gasteiger partial charge in [0.25, 0.3) is 0 Å². The van der Waals surface area contributed by atoms with E-state index < -0.39 is 0 Å². The second-order valence-corrected chi connectivity index (χ2v) is 4.94. The number of rotatable bonds is 3. The van der Waals surface area contributed by atoms with Gasteiger partial charge >= 0.3 is 0 Å². The average Bonchev–Trinajstić information content (AvgIpc) is 2.87. The van der Waals surface area contributed by atoms with Crippen LogP contribution in [0.25, 0.3) is 0 Å². The van der Waals surface area contributed by atoms with Crippen molar-refractivity contribution in [2.45, 2.75) is 25.3 Å². The topological polar surface area (TPSA) is 35.2 Å². The highest BCUT2D eigenvalue weighted by atomic mass is 79.9. The first-order valence-corrected chi connectivity index (χ1v) is 5.56. The first-order valence-electron chi connectivity index (χ1n) is 4.77. The monoisotopic (exact) mass is 255 g/mol. The number of benzene rings is 1. The number of nitrogens with two attached hydrogens (primary N) is 1. The van der Waals surface area contributed by atoms with Gasteiger partial charge in [0.15, 0.2) is 0 Å². The second-order valence-electron chi connectivity index (χ2n) is 4.08. The highest BCUT2D eigenvalue weighted by molar-refractivity contribution is 9.10. The van der Waals surface area contributed by atoms with Crippen LogP contribution < -0.4 is 10.5 Å². The van der Waals surface area contributed by atoms with Gasteiger partial charge in [0.2, 0.25) is 0 Å². The summed E-state index contributed by atoms with van der Waals surface area (Å²) in [6.07, 6.45) is 2.16. The summed E-state index contributed by atoms with van der Waals surface area (Å²) >= 11 is 3.45. The van der Waals surface area contributed by atoms with E-state index in [1.807, 2.05) is 18.2 Å². The Kier molecular flexibility index (Phi) is 2.54. The van der Waals surface area contributed by atoms with Crippen LogP contribution in [-0.2, 0) is 0 Å². The van der Waals surface area contributed by atoms with Crippen molar-refractivity contribution in [2.75, 3.05) is 6.61 Å². The molecule has 1 saturated carbocycles. The van der Waals surface area contributed by atoms with Crippen molar-refractivity contribution in [2.24, 2.45) is 5.73 Å². The quantitative estimate of drug-likeness (QED) is 0.902. The van der Waals surface area contributed by atoms with Crippen molar-refractivity contribution in [1.29, 1.82) is 0 Å². The van der Waals surface area contributed by atoms with Gasteiger partial charge in [-0.1, -0.05) is 6.07 Å². The molecule has 2 N–H and O–H groups in total. The van der Waals surface area contributed by atoms with E-state index in [1.165, 1.54) is 5.56 Å². The van der Waals surface area contributed by atoms with E-state index in [-0.39, 0.29) is 5.54 Å². The zero-order chi connectivity index (χ0) is 10.2. The lowest BCUT2D eigenvalue weighted by molar-refractivity contribution is 0.278. The standard InChI is InChI=1S/C11H14BrNO/c1-8-2-3-9(12)10(6-8)14-7-11(13)4-5-11/h2-3,6H,4-5,7,13H2,1H3. The van der Waals surface area contributed by atoms with Crippen LogP contribution in [0, 0.1) is 6.92 Å². The van der Waals surface area contributed by atoms with Crippen molar-refractivity contribution in [3.8, 4) is 5.75 Å². The maximum absolute atomic E-state index is 5.94. The molecule has 1 aliphatic carbocycles. The number of aryl methyl sites for hydroxylation is 1. The fraction of sp³-hybridized carbons (Fsp3) is 0.455. The normalized spacial score (nSPS) is 17.9.